The number of rotatable bonds is 9. The average Bonchev–Trinajstić information content (AvgIpc) is 3.43. The molecule has 2 aromatic carbocycles. The molecule has 3 saturated heterocycles. The molecule has 272 valence electrons. The van der Waals surface area contributed by atoms with Crippen LogP contribution in [-0.2, 0) is 11.2 Å². The molecule has 2 saturated carbocycles. The van der Waals surface area contributed by atoms with E-state index < -0.39 is 5.82 Å². The van der Waals surface area contributed by atoms with Gasteiger partial charge in [0.15, 0.2) is 11.6 Å². The molecule has 5 fully saturated rings. The van der Waals surface area contributed by atoms with Gasteiger partial charge in [-0.25, -0.2) is 14.4 Å². The van der Waals surface area contributed by atoms with Crippen LogP contribution in [0.25, 0.3) is 32.9 Å². The van der Waals surface area contributed by atoms with Crippen molar-refractivity contribution in [3.63, 3.8) is 0 Å². The SMILES string of the molecule is COc1ncc(Cl)cc1OC1CC(c2cc3c(C)nc4c(F)c(-c5cccc(Cl)c5Cl)c(CCC#N)cc4c3n2C2C3CNC2C3)N(C(=O)C2CC2)C1. The van der Waals surface area contributed by atoms with E-state index in [9.17, 15) is 10.1 Å². The molecule has 3 aliphatic heterocycles. The summed E-state index contributed by atoms with van der Waals surface area (Å²) >= 11 is 19.4. The normalized spacial score (nSPS) is 23.4. The van der Waals surface area contributed by atoms with E-state index in [-0.39, 0.29) is 53.0 Å². The molecule has 2 bridgehead atoms. The molecule has 0 radical (unpaired) electrons. The summed E-state index contributed by atoms with van der Waals surface area (Å²) in [5.74, 6) is 0.746. The van der Waals surface area contributed by atoms with Crippen LogP contribution < -0.4 is 14.8 Å². The lowest BCUT2D eigenvalue weighted by molar-refractivity contribution is -0.133. The Morgan fingerprint density at radius 2 is 1.98 bits per heavy atom. The zero-order valence-corrected chi connectivity index (χ0v) is 31.4. The van der Waals surface area contributed by atoms with Gasteiger partial charge in [0.05, 0.1) is 52.4 Å². The van der Waals surface area contributed by atoms with Crippen LogP contribution in [0.3, 0.4) is 0 Å². The number of aryl methyl sites for hydroxylation is 2. The van der Waals surface area contributed by atoms with E-state index in [0.717, 1.165) is 42.4 Å². The number of aromatic nitrogens is 3. The van der Waals surface area contributed by atoms with Gasteiger partial charge in [-0.2, -0.15) is 5.26 Å². The highest BCUT2D eigenvalue weighted by Gasteiger charge is 2.51. The van der Waals surface area contributed by atoms with Crippen LogP contribution in [0, 0.1) is 35.9 Å². The maximum Gasteiger partial charge on any atom is 0.256 e. The second-order valence-electron chi connectivity index (χ2n) is 14.7. The van der Waals surface area contributed by atoms with E-state index >= 15 is 4.39 Å². The van der Waals surface area contributed by atoms with Crippen molar-refractivity contribution in [1.82, 2.24) is 24.8 Å². The number of benzene rings is 2. The third-order valence-corrected chi connectivity index (χ3v) is 12.5. The first kappa shape index (κ1) is 34.6. The Morgan fingerprint density at radius 3 is 2.70 bits per heavy atom. The Hall–Kier alpha value is -4.14. The number of halogens is 4. The summed E-state index contributed by atoms with van der Waals surface area (Å²) in [6.07, 6.45) is 4.99. The van der Waals surface area contributed by atoms with Crippen molar-refractivity contribution in [2.45, 2.75) is 69.7 Å². The van der Waals surface area contributed by atoms with E-state index in [0.29, 0.717) is 74.7 Å². The fourth-order valence-corrected chi connectivity index (χ4v) is 9.44. The van der Waals surface area contributed by atoms with Crippen LogP contribution in [0.5, 0.6) is 11.6 Å². The molecule has 1 amide bonds. The minimum absolute atomic E-state index is 0.00393. The van der Waals surface area contributed by atoms with E-state index in [1.54, 1.807) is 24.3 Å². The number of nitrogens with one attached hydrogen (secondary N) is 1. The van der Waals surface area contributed by atoms with Crippen LogP contribution in [-0.4, -0.2) is 57.7 Å². The van der Waals surface area contributed by atoms with Gasteiger partial charge in [-0.15, -0.1) is 0 Å². The highest BCUT2D eigenvalue weighted by Crippen LogP contribution is 2.51. The molecule has 1 N–H and O–H groups in total. The number of nitrogens with zero attached hydrogens (tertiary/aromatic N) is 5. The predicted octanol–water partition coefficient (Wildman–Crippen LogP) is 8.79. The van der Waals surface area contributed by atoms with Gasteiger partial charge in [-0.3, -0.25) is 4.79 Å². The molecule has 3 aromatic heterocycles. The Labute approximate surface area is 320 Å². The van der Waals surface area contributed by atoms with Crippen molar-refractivity contribution in [3.8, 4) is 28.8 Å². The van der Waals surface area contributed by atoms with Crippen LogP contribution in [0.4, 0.5) is 4.39 Å². The quantitative estimate of drug-likeness (QED) is 0.160. The van der Waals surface area contributed by atoms with Gasteiger partial charge in [-0.1, -0.05) is 46.9 Å². The number of methoxy groups -OCH3 is 1. The summed E-state index contributed by atoms with van der Waals surface area (Å²) in [6, 6.07) is 13.3. The lowest BCUT2D eigenvalue weighted by Crippen LogP contribution is -2.41. The second kappa shape index (κ2) is 13.3. The first-order chi connectivity index (χ1) is 25.7. The highest BCUT2D eigenvalue weighted by molar-refractivity contribution is 6.43. The number of hydrogen-bond donors (Lipinski definition) is 1. The van der Waals surface area contributed by atoms with Crippen molar-refractivity contribution in [2.24, 2.45) is 11.8 Å². The number of carbonyl (C=O) groups is 1. The molecule has 0 spiro atoms. The van der Waals surface area contributed by atoms with Gasteiger partial charge in [-0.05, 0) is 62.3 Å². The van der Waals surface area contributed by atoms with Crippen molar-refractivity contribution in [3.05, 3.63) is 80.4 Å². The third kappa shape index (κ3) is 5.70. The average molecular weight is 774 g/mol. The summed E-state index contributed by atoms with van der Waals surface area (Å²) < 4.78 is 31.6. The number of carbonyl (C=O) groups excluding carboxylic acids is 1. The number of fused-ring (bicyclic) bond motifs is 4. The maximum atomic E-state index is 17.2. The fraction of sp³-hybridized carbons (Fsp3) is 0.400. The van der Waals surface area contributed by atoms with Crippen LogP contribution in [0.1, 0.15) is 61.1 Å². The monoisotopic (exact) mass is 772 g/mol. The molecule has 5 aliphatic rings. The van der Waals surface area contributed by atoms with E-state index in [4.69, 9.17) is 49.3 Å². The summed E-state index contributed by atoms with van der Waals surface area (Å²) in [4.78, 5) is 25.2. The third-order valence-electron chi connectivity index (χ3n) is 11.5. The maximum absolute atomic E-state index is 17.2. The summed E-state index contributed by atoms with van der Waals surface area (Å²) in [7, 11) is 1.53. The molecule has 2 aliphatic carbocycles. The number of ether oxygens (including phenoxy) is 2. The Kier molecular flexibility index (Phi) is 8.69. The van der Waals surface area contributed by atoms with Crippen molar-refractivity contribution < 1.29 is 18.7 Å². The fourth-order valence-electron chi connectivity index (χ4n) is 8.90. The van der Waals surface area contributed by atoms with Gasteiger partial charge < -0.3 is 24.3 Å². The first-order valence-corrected chi connectivity index (χ1v) is 19.2. The smallest absolute Gasteiger partial charge is 0.256 e. The number of nitriles is 1. The molecular formula is C40H36Cl3FN6O3. The highest BCUT2D eigenvalue weighted by atomic mass is 35.5. The molecule has 5 aromatic rings. The van der Waals surface area contributed by atoms with Crippen LogP contribution in [0.2, 0.25) is 15.1 Å². The van der Waals surface area contributed by atoms with Crippen molar-refractivity contribution in [2.75, 3.05) is 20.2 Å². The molecule has 5 atom stereocenters. The number of amides is 1. The predicted molar refractivity (Wildman–Crippen MR) is 202 cm³/mol. The molecule has 5 unspecified atom stereocenters. The summed E-state index contributed by atoms with van der Waals surface area (Å²) in [5, 5.41) is 15.9. The Bertz CT molecular complexity index is 2360. The number of likely N-dealkylation sites (tertiary alicyclic amines) is 1. The molecule has 53 heavy (non-hydrogen) atoms. The standard InChI is InChI=1S/C40H36Cl3FN6O3/c1-19-26-15-31(30-14-24(18-49(30)40(51)20-8-9-20)53-32-13-23(41)17-47-39(32)52-2)50(37-22-12-29(37)46-16-22)38(26)27-11-21(5-4-10-45)33(35(44)36(27)48-19)25-6-3-7-28(42)34(25)43/h3,6-7,11,13,15,17,20,22,24,29-30,37,46H,4-5,8-9,12,14,16,18H2,1-2H3. The zero-order valence-electron chi connectivity index (χ0n) is 29.1. The molecule has 10 rings (SSSR count). The van der Waals surface area contributed by atoms with E-state index in [2.05, 4.69) is 27.0 Å². The van der Waals surface area contributed by atoms with Crippen molar-refractivity contribution >= 4 is 62.5 Å². The van der Waals surface area contributed by atoms with E-state index in [1.165, 1.54) is 13.3 Å². The molecule has 13 heteroatoms. The summed E-state index contributed by atoms with van der Waals surface area (Å²) in [5.41, 5.74) is 4.19. The topological polar surface area (TPSA) is 105 Å². The van der Waals surface area contributed by atoms with E-state index in [1.807, 2.05) is 17.9 Å². The second-order valence-corrected chi connectivity index (χ2v) is 15.9. The van der Waals surface area contributed by atoms with Gasteiger partial charge in [0.25, 0.3) is 5.88 Å². The molecular weight excluding hydrogens is 738 g/mol. The van der Waals surface area contributed by atoms with Crippen LogP contribution >= 0.6 is 34.8 Å². The van der Waals surface area contributed by atoms with Gasteiger partial charge in [0.1, 0.15) is 11.6 Å². The van der Waals surface area contributed by atoms with Gasteiger partial charge >= 0.3 is 0 Å². The number of hydrogen-bond acceptors (Lipinski definition) is 7. The zero-order chi connectivity index (χ0) is 36.7. The molecule has 9 nitrogen and oxygen atoms in total. The van der Waals surface area contributed by atoms with Gasteiger partial charge in [0.2, 0.25) is 5.91 Å². The minimum Gasteiger partial charge on any atom is -0.483 e. The number of pyridine rings is 2. The van der Waals surface area contributed by atoms with Crippen molar-refractivity contribution in [1.29, 1.82) is 5.26 Å². The first-order valence-electron chi connectivity index (χ1n) is 18.0. The minimum atomic E-state index is -0.502. The molecule has 6 heterocycles. The van der Waals surface area contributed by atoms with Gasteiger partial charge in [0, 0.05) is 76.9 Å². The lowest BCUT2D eigenvalue weighted by Gasteiger charge is -2.39. The van der Waals surface area contributed by atoms with Crippen LogP contribution in [0.15, 0.2) is 42.6 Å². The summed E-state index contributed by atoms with van der Waals surface area (Å²) in [6.45, 7) is 3.19. The Morgan fingerprint density at radius 1 is 1.15 bits per heavy atom. The largest absolute Gasteiger partial charge is 0.483 e. The Balaban J connectivity index is 1.25. The lowest BCUT2D eigenvalue weighted by atomic mass is 9.79.